The van der Waals surface area contributed by atoms with Gasteiger partial charge >= 0.3 is 5.97 Å². The van der Waals surface area contributed by atoms with Gasteiger partial charge in [0.05, 0.1) is 24.6 Å². The van der Waals surface area contributed by atoms with Crippen molar-refractivity contribution in [3.05, 3.63) is 0 Å². The van der Waals surface area contributed by atoms with Crippen LogP contribution in [0.2, 0.25) is 0 Å². The molecule has 1 atom stereocenters. The van der Waals surface area contributed by atoms with E-state index in [4.69, 9.17) is 0 Å². The number of methoxy groups -OCH3 is 1. The Morgan fingerprint density at radius 1 is 1.42 bits per heavy atom. The monoisotopic (exact) mass is 291 g/mol. The largest absolute Gasteiger partial charge is 0.468 e. The van der Waals surface area contributed by atoms with Crippen molar-refractivity contribution in [3.63, 3.8) is 0 Å². The van der Waals surface area contributed by atoms with Crippen molar-refractivity contribution in [1.29, 1.82) is 0 Å². The average molecular weight is 291 g/mol. The summed E-state index contributed by atoms with van der Waals surface area (Å²) in [6.07, 6.45) is 3.29. The quantitative estimate of drug-likeness (QED) is 0.589. The molecule has 1 rings (SSSR count). The fourth-order valence-electron chi connectivity index (χ4n) is 1.96. The summed E-state index contributed by atoms with van der Waals surface area (Å²) in [5.74, 6) is -0.821. The molecule has 0 bridgehead atoms. The lowest BCUT2D eigenvalue weighted by Crippen LogP contribution is -2.48. The number of rotatable bonds is 6. The van der Waals surface area contributed by atoms with Gasteiger partial charge in [0.25, 0.3) is 0 Å². The lowest BCUT2D eigenvalue weighted by Gasteiger charge is -2.31. The van der Waals surface area contributed by atoms with E-state index in [0.717, 1.165) is 25.9 Å². The zero-order chi connectivity index (χ0) is 14.3. The fraction of sp³-hybridized carbons (Fsp3) is 0.818. The summed E-state index contributed by atoms with van der Waals surface area (Å²) in [6.45, 7) is 1.60. The standard InChI is InChI=1S/C11H21N3O4S/c1-18-11(16)7-13-10(15)8-14(19(2)17)9-3-5-12-6-4-9/h9,12H,3-8H2,1-2H3,(H,13,15). The molecular formula is C11H21N3O4S. The van der Waals surface area contributed by atoms with Crippen LogP contribution in [-0.2, 0) is 25.3 Å². The van der Waals surface area contributed by atoms with Crippen LogP contribution in [0.1, 0.15) is 12.8 Å². The highest BCUT2D eigenvalue weighted by Gasteiger charge is 2.25. The highest BCUT2D eigenvalue weighted by molar-refractivity contribution is 7.81. The molecular weight excluding hydrogens is 270 g/mol. The topological polar surface area (TPSA) is 87.7 Å². The minimum Gasteiger partial charge on any atom is -0.468 e. The van der Waals surface area contributed by atoms with Crippen LogP contribution in [0.3, 0.4) is 0 Å². The predicted octanol–water partition coefficient (Wildman–Crippen LogP) is -1.38. The Hall–Kier alpha value is -0.990. The molecule has 8 heteroatoms. The minimum absolute atomic E-state index is 0.0325. The van der Waals surface area contributed by atoms with Gasteiger partial charge in [-0.25, -0.2) is 8.51 Å². The van der Waals surface area contributed by atoms with Gasteiger partial charge in [-0.15, -0.1) is 0 Å². The molecule has 1 aliphatic heterocycles. The third-order valence-corrected chi connectivity index (χ3v) is 4.09. The number of hydrogen-bond acceptors (Lipinski definition) is 5. The van der Waals surface area contributed by atoms with E-state index in [-0.39, 0.29) is 25.0 Å². The maximum atomic E-state index is 11.7. The number of esters is 1. The first-order chi connectivity index (χ1) is 9.04. The van der Waals surface area contributed by atoms with Gasteiger partial charge in [-0.2, -0.15) is 0 Å². The molecule has 1 saturated heterocycles. The Morgan fingerprint density at radius 2 is 2.05 bits per heavy atom. The number of amides is 1. The molecule has 0 radical (unpaired) electrons. The van der Waals surface area contributed by atoms with Gasteiger partial charge in [0.1, 0.15) is 6.54 Å². The molecule has 0 aromatic carbocycles. The first-order valence-electron chi connectivity index (χ1n) is 6.19. The highest BCUT2D eigenvalue weighted by Crippen LogP contribution is 2.12. The summed E-state index contributed by atoms with van der Waals surface area (Å²) in [5.41, 5.74) is 0. The number of piperidine rings is 1. The van der Waals surface area contributed by atoms with Gasteiger partial charge in [-0.05, 0) is 25.9 Å². The van der Waals surface area contributed by atoms with Crippen molar-refractivity contribution in [2.24, 2.45) is 0 Å². The van der Waals surface area contributed by atoms with Crippen molar-refractivity contribution in [3.8, 4) is 0 Å². The number of hydrogen-bond donors (Lipinski definition) is 2. The predicted molar refractivity (Wildman–Crippen MR) is 71.7 cm³/mol. The van der Waals surface area contributed by atoms with E-state index in [2.05, 4.69) is 15.4 Å². The minimum atomic E-state index is -1.21. The molecule has 7 nitrogen and oxygen atoms in total. The van der Waals surface area contributed by atoms with Gasteiger partial charge in [0.2, 0.25) is 5.91 Å². The molecule has 1 heterocycles. The van der Waals surface area contributed by atoms with E-state index in [0.29, 0.717) is 0 Å². The highest BCUT2D eigenvalue weighted by atomic mass is 32.2. The lowest BCUT2D eigenvalue weighted by atomic mass is 10.1. The molecule has 110 valence electrons. The first kappa shape index (κ1) is 16.1. The molecule has 0 spiro atoms. The Bertz CT molecular complexity index is 345. The molecule has 1 amide bonds. The molecule has 2 N–H and O–H groups in total. The van der Waals surface area contributed by atoms with Crippen molar-refractivity contribution < 1.29 is 18.5 Å². The van der Waals surface area contributed by atoms with Crippen LogP contribution >= 0.6 is 0 Å². The number of carbonyl (C=O) groups is 2. The third-order valence-electron chi connectivity index (χ3n) is 3.00. The second-order valence-electron chi connectivity index (χ2n) is 4.33. The first-order valence-corrected chi connectivity index (χ1v) is 7.70. The van der Waals surface area contributed by atoms with Crippen molar-refractivity contribution >= 4 is 22.9 Å². The van der Waals surface area contributed by atoms with Crippen LogP contribution in [0.25, 0.3) is 0 Å². The van der Waals surface area contributed by atoms with E-state index in [1.165, 1.54) is 7.11 Å². The van der Waals surface area contributed by atoms with Crippen LogP contribution < -0.4 is 10.6 Å². The molecule has 0 aliphatic carbocycles. The maximum Gasteiger partial charge on any atom is 0.325 e. The number of nitrogens with zero attached hydrogens (tertiary/aromatic N) is 1. The van der Waals surface area contributed by atoms with Gasteiger partial charge in [0.15, 0.2) is 0 Å². The van der Waals surface area contributed by atoms with Crippen LogP contribution in [-0.4, -0.2) is 66.0 Å². The summed E-state index contributed by atoms with van der Waals surface area (Å²) in [7, 11) is 0.0518. The van der Waals surface area contributed by atoms with Crippen LogP contribution in [0.5, 0.6) is 0 Å². The van der Waals surface area contributed by atoms with Crippen LogP contribution in [0.4, 0.5) is 0 Å². The summed E-state index contributed by atoms with van der Waals surface area (Å²) < 4.78 is 17.8. The van der Waals surface area contributed by atoms with Crippen LogP contribution in [0, 0.1) is 0 Å². The second kappa shape index (κ2) is 8.23. The second-order valence-corrected chi connectivity index (χ2v) is 5.65. The maximum absolute atomic E-state index is 11.7. The Labute approximate surface area is 115 Å². The van der Waals surface area contributed by atoms with E-state index in [1.807, 2.05) is 0 Å². The zero-order valence-corrected chi connectivity index (χ0v) is 12.1. The molecule has 1 aliphatic rings. The molecule has 1 unspecified atom stereocenters. The van der Waals surface area contributed by atoms with Crippen LogP contribution in [0.15, 0.2) is 0 Å². The molecule has 1 fully saturated rings. The molecule has 19 heavy (non-hydrogen) atoms. The summed E-state index contributed by atoms with van der Waals surface area (Å²) in [5, 5.41) is 5.67. The van der Waals surface area contributed by atoms with E-state index < -0.39 is 17.0 Å². The Kier molecular flexibility index (Phi) is 6.96. The van der Waals surface area contributed by atoms with Gasteiger partial charge in [-0.3, -0.25) is 9.59 Å². The Morgan fingerprint density at radius 3 is 2.58 bits per heavy atom. The smallest absolute Gasteiger partial charge is 0.325 e. The van der Waals surface area contributed by atoms with Gasteiger partial charge < -0.3 is 15.4 Å². The molecule has 0 aromatic heterocycles. The van der Waals surface area contributed by atoms with E-state index in [9.17, 15) is 13.8 Å². The fourth-order valence-corrected chi connectivity index (χ4v) is 2.89. The van der Waals surface area contributed by atoms with Crippen molar-refractivity contribution in [2.75, 3.05) is 39.5 Å². The van der Waals surface area contributed by atoms with E-state index in [1.54, 1.807) is 10.6 Å². The summed E-state index contributed by atoms with van der Waals surface area (Å²) >= 11 is 0. The van der Waals surface area contributed by atoms with E-state index >= 15 is 0 Å². The number of nitrogens with one attached hydrogen (secondary N) is 2. The SMILES string of the molecule is COC(=O)CNC(=O)CN(C1CCNCC1)S(C)=O. The molecule has 0 saturated carbocycles. The number of carbonyl (C=O) groups excluding carboxylic acids is 2. The third kappa shape index (κ3) is 5.66. The molecule has 0 aromatic rings. The summed E-state index contributed by atoms with van der Waals surface area (Å²) in [6, 6.07) is 0.135. The van der Waals surface area contributed by atoms with Gasteiger partial charge in [-0.1, -0.05) is 0 Å². The zero-order valence-electron chi connectivity index (χ0n) is 11.3. The number of ether oxygens (including phenoxy) is 1. The summed E-state index contributed by atoms with van der Waals surface area (Å²) in [4.78, 5) is 22.6. The Balaban J connectivity index is 2.46. The lowest BCUT2D eigenvalue weighted by molar-refractivity contribution is -0.141. The van der Waals surface area contributed by atoms with Crippen molar-refractivity contribution in [2.45, 2.75) is 18.9 Å². The normalized spacial score (nSPS) is 18.1. The average Bonchev–Trinajstić information content (AvgIpc) is 2.42. The van der Waals surface area contributed by atoms with Gasteiger partial charge in [0, 0.05) is 12.3 Å². The van der Waals surface area contributed by atoms with Crippen molar-refractivity contribution in [1.82, 2.24) is 14.9 Å².